The molecule has 0 amide bonds. The molecule has 0 fully saturated rings. The molecule has 0 saturated carbocycles. The van der Waals surface area contributed by atoms with Crippen molar-refractivity contribution in [1.82, 2.24) is 15.0 Å². The van der Waals surface area contributed by atoms with E-state index < -0.39 is 0 Å². The van der Waals surface area contributed by atoms with E-state index in [0.717, 1.165) is 10.9 Å². The van der Waals surface area contributed by atoms with Gasteiger partial charge < -0.3 is 10.3 Å². The molecule has 1 atom stereocenters. The van der Waals surface area contributed by atoms with Gasteiger partial charge in [0.1, 0.15) is 5.82 Å². The molecule has 0 saturated heterocycles. The Labute approximate surface area is 136 Å². The molecule has 7 heteroatoms. The van der Waals surface area contributed by atoms with Crippen LogP contribution in [0.4, 0.5) is 5.82 Å². The number of halogens is 2. The lowest BCUT2D eigenvalue weighted by molar-refractivity contribution is 0.855. The number of aromatic amines is 1. The number of benzene rings is 1. The van der Waals surface area contributed by atoms with Crippen molar-refractivity contribution in [2.24, 2.45) is 0 Å². The van der Waals surface area contributed by atoms with Gasteiger partial charge in [-0.3, -0.25) is 4.79 Å². The second kappa shape index (κ2) is 5.94. The van der Waals surface area contributed by atoms with E-state index in [0.29, 0.717) is 16.4 Å². The predicted octanol–water partition coefficient (Wildman–Crippen LogP) is 3.80. The number of nitrogens with one attached hydrogen (secondary N) is 2. The van der Waals surface area contributed by atoms with Crippen LogP contribution in [0.3, 0.4) is 0 Å². The summed E-state index contributed by atoms with van der Waals surface area (Å²) in [6, 6.07) is 8.59. The molecule has 5 nitrogen and oxygen atoms in total. The molecule has 0 aliphatic carbocycles. The van der Waals surface area contributed by atoms with Crippen molar-refractivity contribution in [2.75, 3.05) is 5.32 Å². The molecule has 0 bridgehead atoms. The Kier molecular flexibility index (Phi) is 4.00. The van der Waals surface area contributed by atoms with Crippen LogP contribution in [0.25, 0.3) is 10.9 Å². The molecule has 2 heterocycles. The van der Waals surface area contributed by atoms with Crippen LogP contribution in [0.2, 0.25) is 10.3 Å². The molecule has 0 aliphatic rings. The lowest BCUT2D eigenvalue weighted by Crippen LogP contribution is -2.19. The first kappa shape index (κ1) is 14.8. The highest BCUT2D eigenvalue weighted by molar-refractivity contribution is 6.31. The minimum Gasteiger partial charge on any atom is -0.363 e. The number of anilines is 1. The van der Waals surface area contributed by atoms with Crippen molar-refractivity contribution in [3.8, 4) is 0 Å². The van der Waals surface area contributed by atoms with Gasteiger partial charge in [0, 0.05) is 27.7 Å². The monoisotopic (exact) mass is 334 g/mol. The molecule has 2 aromatic heterocycles. The summed E-state index contributed by atoms with van der Waals surface area (Å²) in [5.41, 5.74) is 1.18. The summed E-state index contributed by atoms with van der Waals surface area (Å²) in [4.78, 5) is 23.0. The Morgan fingerprint density at radius 3 is 2.82 bits per heavy atom. The number of fused-ring (bicyclic) bond motifs is 1. The van der Waals surface area contributed by atoms with Crippen molar-refractivity contribution < 1.29 is 0 Å². The van der Waals surface area contributed by atoms with Crippen LogP contribution < -0.4 is 10.9 Å². The van der Waals surface area contributed by atoms with E-state index in [1.54, 1.807) is 24.4 Å². The smallest absolute Gasteiger partial charge is 0.253 e. The topological polar surface area (TPSA) is 70.7 Å². The van der Waals surface area contributed by atoms with E-state index in [4.69, 9.17) is 23.2 Å². The SMILES string of the molecule is CC(Nc1ccnc(Cl)n1)c1cc2cc(Cl)ccc2[nH]c1=O. The molecular formula is C15H12Cl2N4O. The molecule has 3 rings (SSSR count). The van der Waals surface area contributed by atoms with Crippen molar-refractivity contribution in [1.29, 1.82) is 0 Å². The molecule has 0 radical (unpaired) electrons. The van der Waals surface area contributed by atoms with E-state index in [-0.39, 0.29) is 16.9 Å². The first-order chi connectivity index (χ1) is 10.5. The van der Waals surface area contributed by atoms with Crippen LogP contribution >= 0.6 is 23.2 Å². The van der Waals surface area contributed by atoms with Crippen LogP contribution in [0.1, 0.15) is 18.5 Å². The summed E-state index contributed by atoms with van der Waals surface area (Å²) in [7, 11) is 0. The largest absolute Gasteiger partial charge is 0.363 e. The Morgan fingerprint density at radius 2 is 2.05 bits per heavy atom. The van der Waals surface area contributed by atoms with Crippen molar-refractivity contribution in [3.63, 3.8) is 0 Å². The third-order valence-electron chi connectivity index (χ3n) is 3.29. The average Bonchev–Trinajstić information content (AvgIpc) is 2.47. The number of hydrogen-bond acceptors (Lipinski definition) is 4. The second-order valence-electron chi connectivity index (χ2n) is 4.86. The summed E-state index contributed by atoms with van der Waals surface area (Å²) in [6.07, 6.45) is 1.55. The molecular weight excluding hydrogens is 323 g/mol. The molecule has 3 aromatic rings. The maximum Gasteiger partial charge on any atom is 0.253 e. The summed E-state index contributed by atoms with van der Waals surface area (Å²) in [5.74, 6) is 0.554. The first-order valence-corrected chi connectivity index (χ1v) is 7.36. The Hall–Kier alpha value is -2.11. The van der Waals surface area contributed by atoms with E-state index in [1.165, 1.54) is 0 Å². The van der Waals surface area contributed by atoms with E-state index >= 15 is 0 Å². The van der Waals surface area contributed by atoms with Crippen molar-refractivity contribution in [2.45, 2.75) is 13.0 Å². The lowest BCUT2D eigenvalue weighted by Gasteiger charge is -2.14. The standard InChI is InChI=1S/C15H12Cl2N4O/c1-8(19-13-4-5-18-15(17)21-13)11-7-9-6-10(16)2-3-12(9)20-14(11)22/h2-8H,1H3,(H,20,22)(H,18,19,21). The number of nitrogens with zero attached hydrogens (tertiary/aromatic N) is 2. The van der Waals surface area contributed by atoms with Gasteiger partial charge in [0.05, 0.1) is 6.04 Å². The van der Waals surface area contributed by atoms with Crippen LogP contribution in [0, 0.1) is 0 Å². The van der Waals surface area contributed by atoms with Gasteiger partial charge in [0.25, 0.3) is 5.56 Å². The Balaban J connectivity index is 1.98. The van der Waals surface area contributed by atoms with Crippen LogP contribution in [0.5, 0.6) is 0 Å². The van der Waals surface area contributed by atoms with Gasteiger partial charge in [-0.2, -0.15) is 0 Å². The highest BCUT2D eigenvalue weighted by Crippen LogP contribution is 2.21. The second-order valence-corrected chi connectivity index (χ2v) is 5.64. The fourth-order valence-electron chi connectivity index (χ4n) is 2.23. The van der Waals surface area contributed by atoms with Gasteiger partial charge in [0.2, 0.25) is 5.28 Å². The van der Waals surface area contributed by atoms with Crippen LogP contribution in [0.15, 0.2) is 41.3 Å². The zero-order chi connectivity index (χ0) is 15.7. The summed E-state index contributed by atoms with van der Waals surface area (Å²) in [6.45, 7) is 1.87. The number of pyridine rings is 1. The first-order valence-electron chi connectivity index (χ1n) is 6.60. The maximum absolute atomic E-state index is 12.2. The van der Waals surface area contributed by atoms with E-state index in [9.17, 15) is 4.79 Å². The van der Waals surface area contributed by atoms with Gasteiger partial charge in [-0.1, -0.05) is 11.6 Å². The highest BCUT2D eigenvalue weighted by atomic mass is 35.5. The van der Waals surface area contributed by atoms with Crippen molar-refractivity contribution in [3.05, 3.63) is 62.8 Å². The Morgan fingerprint density at radius 1 is 1.23 bits per heavy atom. The average molecular weight is 335 g/mol. The van der Waals surface area contributed by atoms with E-state index in [2.05, 4.69) is 20.3 Å². The van der Waals surface area contributed by atoms with Gasteiger partial charge in [-0.15, -0.1) is 0 Å². The predicted molar refractivity (Wildman–Crippen MR) is 88.7 cm³/mol. The fourth-order valence-corrected chi connectivity index (χ4v) is 2.56. The van der Waals surface area contributed by atoms with Gasteiger partial charge in [-0.25, -0.2) is 9.97 Å². The van der Waals surface area contributed by atoms with Crippen LogP contribution in [-0.4, -0.2) is 15.0 Å². The van der Waals surface area contributed by atoms with E-state index in [1.807, 2.05) is 19.1 Å². The molecule has 2 N–H and O–H groups in total. The number of hydrogen-bond donors (Lipinski definition) is 2. The molecule has 1 aromatic carbocycles. The summed E-state index contributed by atoms with van der Waals surface area (Å²) >= 11 is 11.8. The number of H-pyrrole nitrogens is 1. The molecule has 0 spiro atoms. The molecule has 112 valence electrons. The summed E-state index contributed by atoms with van der Waals surface area (Å²) in [5, 5.41) is 4.77. The highest BCUT2D eigenvalue weighted by Gasteiger charge is 2.12. The van der Waals surface area contributed by atoms with Gasteiger partial charge in [0.15, 0.2) is 0 Å². The fraction of sp³-hybridized carbons (Fsp3) is 0.133. The van der Waals surface area contributed by atoms with Crippen molar-refractivity contribution >= 4 is 39.9 Å². The van der Waals surface area contributed by atoms with Crippen LogP contribution in [-0.2, 0) is 0 Å². The number of rotatable bonds is 3. The van der Waals surface area contributed by atoms with Gasteiger partial charge >= 0.3 is 0 Å². The van der Waals surface area contributed by atoms with Gasteiger partial charge in [-0.05, 0) is 48.9 Å². The minimum atomic E-state index is -0.252. The molecule has 0 aliphatic heterocycles. The normalized spacial score (nSPS) is 12.3. The Bertz CT molecular complexity index is 894. The lowest BCUT2D eigenvalue weighted by atomic mass is 10.1. The number of aromatic nitrogens is 3. The summed E-state index contributed by atoms with van der Waals surface area (Å²) < 4.78 is 0. The minimum absolute atomic E-state index is 0.149. The quantitative estimate of drug-likeness (QED) is 0.714. The molecule has 1 unspecified atom stereocenters. The zero-order valence-corrected chi connectivity index (χ0v) is 13.1. The third-order valence-corrected chi connectivity index (χ3v) is 3.71. The third kappa shape index (κ3) is 3.05. The molecule has 22 heavy (non-hydrogen) atoms. The zero-order valence-electron chi connectivity index (χ0n) is 11.6. The maximum atomic E-state index is 12.2.